The van der Waals surface area contributed by atoms with Gasteiger partial charge in [0.2, 0.25) is 5.91 Å². The van der Waals surface area contributed by atoms with E-state index in [1.54, 1.807) is 0 Å². The summed E-state index contributed by atoms with van der Waals surface area (Å²) in [6, 6.07) is 0.405. The first-order valence-corrected chi connectivity index (χ1v) is 8.69. The van der Waals surface area contributed by atoms with Crippen LogP contribution in [0.15, 0.2) is 0 Å². The summed E-state index contributed by atoms with van der Waals surface area (Å²) in [6.07, 6.45) is 13.8. The van der Waals surface area contributed by atoms with E-state index >= 15 is 0 Å². The molecule has 0 aromatic heterocycles. The Morgan fingerprint density at radius 3 is 2.40 bits per heavy atom. The summed E-state index contributed by atoms with van der Waals surface area (Å²) in [7, 11) is 0. The molecule has 0 aromatic rings. The normalized spacial score (nSPS) is 29.9. The largest absolute Gasteiger partial charge is 0.353 e. The van der Waals surface area contributed by atoms with Crippen molar-refractivity contribution < 1.29 is 4.79 Å². The second-order valence-electron chi connectivity index (χ2n) is 7.17. The fourth-order valence-corrected chi connectivity index (χ4v) is 4.03. The van der Waals surface area contributed by atoms with Crippen molar-refractivity contribution in [1.82, 2.24) is 5.32 Å². The predicted octanol–water partition coefficient (Wildman–Crippen LogP) is 3.51. The Hall–Kier alpha value is -0.570. The molecule has 0 saturated heterocycles. The Morgan fingerprint density at radius 2 is 1.80 bits per heavy atom. The first-order chi connectivity index (χ1) is 9.61. The Kier molecular flexibility index (Phi) is 5.88. The van der Waals surface area contributed by atoms with Crippen LogP contribution in [0.3, 0.4) is 0 Å². The van der Waals surface area contributed by atoms with E-state index in [0.717, 1.165) is 31.6 Å². The molecule has 20 heavy (non-hydrogen) atoms. The van der Waals surface area contributed by atoms with Crippen molar-refractivity contribution in [2.75, 3.05) is 0 Å². The molecule has 2 fully saturated rings. The average Bonchev–Trinajstić information content (AvgIpc) is 2.41. The van der Waals surface area contributed by atoms with Gasteiger partial charge in [-0.15, -0.1) is 0 Å². The number of carbonyl (C=O) groups excluding carboxylic acids is 1. The molecule has 0 atom stereocenters. The summed E-state index contributed by atoms with van der Waals surface area (Å²) >= 11 is 0. The highest BCUT2D eigenvalue weighted by atomic mass is 16.1. The van der Waals surface area contributed by atoms with Gasteiger partial charge < -0.3 is 11.1 Å². The topological polar surface area (TPSA) is 55.1 Å². The second kappa shape index (κ2) is 7.44. The molecule has 0 aliphatic heterocycles. The summed E-state index contributed by atoms with van der Waals surface area (Å²) < 4.78 is 0. The number of rotatable bonds is 5. The highest BCUT2D eigenvalue weighted by Crippen LogP contribution is 2.30. The van der Waals surface area contributed by atoms with E-state index in [1.807, 2.05) is 0 Å². The lowest BCUT2D eigenvalue weighted by atomic mass is 9.79. The molecule has 3 nitrogen and oxygen atoms in total. The van der Waals surface area contributed by atoms with Crippen LogP contribution in [-0.4, -0.2) is 17.5 Å². The fourth-order valence-electron chi connectivity index (χ4n) is 4.03. The minimum atomic E-state index is -0.220. The minimum absolute atomic E-state index is 0.188. The molecule has 2 aliphatic rings. The minimum Gasteiger partial charge on any atom is -0.353 e. The number of hydrogen-bond acceptors (Lipinski definition) is 2. The molecule has 3 heteroatoms. The maximum atomic E-state index is 12.2. The van der Waals surface area contributed by atoms with E-state index in [9.17, 15) is 4.79 Å². The highest BCUT2D eigenvalue weighted by Gasteiger charge is 2.31. The van der Waals surface area contributed by atoms with Crippen LogP contribution in [0.1, 0.15) is 84.0 Å². The molecule has 3 N–H and O–H groups in total. The van der Waals surface area contributed by atoms with Gasteiger partial charge in [-0.25, -0.2) is 0 Å². The average molecular weight is 280 g/mol. The van der Waals surface area contributed by atoms with Gasteiger partial charge in [0.1, 0.15) is 0 Å². The number of nitrogens with two attached hydrogens (primary N) is 1. The van der Waals surface area contributed by atoms with Crippen LogP contribution in [0.25, 0.3) is 0 Å². The van der Waals surface area contributed by atoms with Gasteiger partial charge in [0.05, 0.1) is 0 Å². The van der Waals surface area contributed by atoms with Gasteiger partial charge in [-0.1, -0.05) is 39.0 Å². The van der Waals surface area contributed by atoms with E-state index in [4.69, 9.17) is 5.73 Å². The SMILES string of the molecule is CCCC1CCC(NC(=O)CC2(N)CCCCC2)CC1. The molecule has 116 valence electrons. The highest BCUT2D eigenvalue weighted by molar-refractivity contribution is 5.77. The number of amides is 1. The van der Waals surface area contributed by atoms with Gasteiger partial charge >= 0.3 is 0 Å². The van der Waals surface area contributed by atoms with Gasteiger partial charge in [0.15, 0.2) is 0 Å². The van der Waals surface area contributed by atoms with Crippen molar-refractivity contribution >= 4 is 5.91 Å². The van der Waals surface area contributed by atoms with E-state index in [1.165, 1.54) is 44.9 Å². The lowest BCUT2D eigenvalue weighted by molar-refractivity contribution is -0.123. The Bertz CT molecular complexity index is 302. The Labute approximate surface area is 124 Å². The monoisotopic (exact) mass is 280 g/mol. The lowest BCUT2D eigenvalue weighted by Gasteiger charge is -2.34. The first-order valence-electron chi connectivity index (χ1n) is 8.69. The van der Waals surface area contributed by atoms with Gasteiger partial charge in [-0.05, 0) is 44.4 Å². The van der Waals surface area contributed by atoms with Crippen LogP contribution in [0.2, 0.25) is 0 Å². The predicted molar refractivity (Wildman–Crippen MR) is 83.4 cm³/mol. The Morgan fingerprint density at radius 1 is 1.15 bits per heavy atom. The smallest absolute Gasteiger partial charge is 0.222 e. The third kappa shape index (κ3) is 4.76. The van der Waals surface area contributed by atoms with Crippen molar-refractivity contribution in [3.63, 3.8) is 0 Å². The van der Waals surface area contributed by atoms with Crippen LogP contribution >= 0.6 is 0 Å². The standard InChI is InChI=1S/C17H32N2O/c1-2-6-14-7-9-15(10-8-14)19-16(20)13-17(18)11-4-3-5-12-17/h14-15H,2-13,18H2,1H3,(H,19,20). The first kappa shape index (κ1) is 15.8. The van der Waals surface area contributed by atoms with Crippen molar-refractivity contribution in [3.05, 3.63) is 0 Å². The van der Waals surface area contributed by atoms with Crippen LogP contribution in [0.5, 0.6) is 0 Å². The quantitative estimate of drug-likeness (QED) is 0.809. The molecule has 2 saturated carbocycles. The molecular formula is C17H32N2O. The van der Waals surface area contributed by atoms with Gasteiger partial charge in [0.25, 0.3) is 0 Å². The number of carbonyl (C=O) groups is 1. The van der Waals surface area contributed by atoms with Crippen LogP contribution in [-0.2, 0) is 4.79 Å². The van der Waals surface area contributed by atoms with E-state index in [-0.39, 0.29) is 11.4 Å². The van der Waals surface area contributed by atoms with Crippen molar-refractivity contribution in [3.8, 4) is 0 Å². The lowest BCUT2D eigenvalue weighted by Crippen LogP contribution is -2.48. The second-order valence-corrected chi connectivity index (χ2v) is 7.17. The maximum Gasteiger partial charge on any atom is 0.222 e. The molecule has 0 spiro atoms. The molecule has 0 unspecified atom stereocenters. The molecular weight excluding hydrogens is 248 g/mol. The third-order valence-corrected chi connectivity index (χ3v) is 5.27. The maximum absolute atomic E-state index is 12.2. The summed E-state index contributed by atoms with van der Waals surface area (Å²) in [5.41, 5.74) is 6.15. The number of nitrogens with one attached hydrogen (secondary N) is 1. The van der Waals surface area contributed by atoms with E-state index in [2.05, 4.69) is 12.2 Å². The third-order valence-electron chi connectivity index (χ3n) is 5.27. The van der Waals surface area contributed by atoms with Gasteiger partial charge in [-0.2, -0.15) is 0 Å². The molecule has 0 radical (unpaired) electrons. The summed E-state index contributed by atoms with van der Waals surface area (Å²) in [5, 5.41) is 3.24. The number of hydrogen-bond donors (Lipinski definition) is 2. The molecule has 1 amide bonds. The molecule has 2 aliphatic carbocycles. The zero-order valence-electron chi connectivity index (χ0n) is 13.1. The van der Waals surface area contributed by atoms with Crippen LogP contribution < -0.4 is 11.1 Å². The van der Waals surface area contributed by atoms with Crippen LogP contribution in [0, 0.1) is 5.92 Å². The molecule has 0 heterocycles. The van der Waals surface area contributed by atoms with Crippen LogP contribution in [0.4, 0.5) is 0 Å². The van der Waals surface area contributed by atoms with Crippen molar-refractivity contribution in [2.45, 2.75) is 95.6 Å². The van der Waals surface area contributed by atoms with Crippen molar-refractivity contribution in [2.24, 2.45) is 11.7 Å². The zero-order chi connectivity index (χ0) is 14.4. The van der Waals surface area contributed by atoms with E-state index < -0.39 is 0 Å². The fraction of sp³-hybridized carbons (Fsp3) is 0.941. The van der Waals surface area contributed by atoms with Gasteiger partial charge in [0, 0.05) is 18.0 Å². The molecule has 0 bridgehead atoms. The zero-order valence-corrected chi connectivity index (χ0v) is 13.1. The Balaban J connectivity index is 1.70. The molecule has 0 aromatic carbocycles. The summed E-state index contributed by atoms with van der Waals surface area (Å²) in [5.74, 6) is 1.08. The molecule has 2 rings (SSSR count). The van der Waals surface area contributed by atoms with Gasteiger partial charge in [-0.3, -0.25) is 4.79 Å². The summed E-state index contributed by atoms with van der Waals surface area (Å²) in [6.45, 7) is 2.26. The van der Waals surface area contributed by atoms with E-state index in [0.29, 0.717) is 12.5 Å². The summed E-state index contributed by atoms with van der Waals surface area (Å²) in [4.78, 5) is 12.2. The van der Waals surface area contributed by atoms with Crippen molar-refractivity contribution in [1.29, 1.82) is 0 Å².